The molecule has 0 saturated carbocycles. The van der Waals surface area contributed by atoms with Crippen LogP contribution in [-0.4, -0.2) is 24.3 Å². The van der Waals surface area contributed by atoms with Gasteiger partial charge in [0.2, 0.25) is 5.91 Å². The molecule has 4 N–H and O–H groups in total. The number of alkyl halides is 3. The smallest absolute Gasteiger partial charge is 0.374 e. The second kappa shape index (κ2) is 8.73. The molecule has 1 atom stereocenters. The number of amides is 3. The summed E-state index contributed by atoms with van der Waals surface area (Å²) in [5, 5.41) is 10.5. The van der Waals surface area contributed by atoms with E-state index in [1.807, 2.05) is 0 Å². The summed E-state index contributed by atoms with van der Waals surface area (Å²) in [6, 6.07) is 5.08. The van der Waals surface area contributed by atoms with Crippen molar-refractivity contribution in [3.63, 3.8) is 0 Å². The van der Waals surface area contributed by atoms with Gasteiger partial charge in [-0.2, -0.15) is 13.2 Å². The molecule has 0 saturated heterocycles. The Hall–Kier alpha value is -4.19. The van der Waals surface area contributed by atoms with E-state index in [1.54, 1.807) is 0 Å². The Kier molecular flexibility index (Phi) is 5.78. The second-order valence-corrected chi connectivity index (χ2v) is 8.70. The van der Waals surface area contributed by atoms with Crippen molar-refractivity contribution in [2.24, 2.45) is 0 Å². The third kappa shape index (κ3) is 4.44. The fourth-order valence-electron chi connectivity index (χ4n) is 4.29. The number of carbonyl (C=O) groups excluding carboxylic acids is 3. The highest BCUT2D eigenvalue weighted by molar-refractivity contribution is 6.31. The maximum absolute atomic E-state index is 14.1. The van der Waals surface area contributed by atoms with Crippen LogP contribution >= 0.6 is 11.6 Å². The molecule has 2 aliphatic heterocycles. The summed E-state index contributed by atoms with van der Waals surface area (Å²) in [7, 11) is 0. The average molecular weight is 537 g/mol. The molecule has 0 aliphatic carbocycles. The van der Waals surface area contributed by atoms with Crippen molar-refractivity contribution >= 4 is 46.4 Å². The first-order chi connectivity index (χ1) is 17.4. The number of halogens is 6. The first-order valence-corrected chi connectivity index (χ1v) is 11.0. The minimum Gasteiger partial charge on any atom is -0.374 e. The van der Waals surface area contributed by atoms with E-state index in [-0.39, 0.29) is 51.4 Å². The van der Waals surface area contributed by atoms with E-state index in [0.29, 0.717) is 12.1 Å². The summed E-state index contributed by atoms with van der Waals surface area (Å²) in [4.78, 5) is 38.0. The van der Waals surface area contributed by atoms with E-state index in [0.717, 1.165) is 12.1 Å². The minimum atomic E-state index is -4.90. The Labute approximate surface area is 210 Å². The van der Waals surface area contributed by atoms with E-state index >= 15 is 0 Å². The zero-order valence-corrected chi connectivity index (χ0v) is 19.1. The van der Waals surface area contributed by atoms with Gasteiger partial charge in [0, 0.05) is 27.4 Å². The normalized spacial score (nSPS) is 16.3. The number of benzene rings is 3. The number of fused-ring (bicyclic) bond motifs is 3. The van der Waals surface area contributed by atoms with Gasteiger partial charge in [-0.15, -0.1) is 0 Å². The van der Waals surface area contributed by atoms with Crippen LogP contribution in [0.4, 0.5) is 39.0 Å². The molecule has 5 rings (SSSR count). The predicted octanol–water partition coefficient (Wildman–Crippen LogP) is 5.09. The van der Waals surface area contributed by atoms with Gasteiger partial charge in [0.15, 0.2) is 0 Å². The van der Waals surface area contributed by atoms with Crippen LogP contribution in [0.15, 0.2) is 42.5 Å². The van der Waals surface area contributed by atoms with Crippen molar-refractivity contribution in [1.29, 1.82) is 0 Å². The molecule has 190 valence electrons. The Morgan fingerprint density at radius 3 is 2.51 bits per heavy atom. The molecule has 7 nitrogen and oxygen atoms in total. The molecular formula is C24H14ClF5N4O3. The lowest BCUT2D eigenvalue weighted by molar-refractivity contribution is -0.137. The monoisotopic (exact) mass is 536 g/mol. The van der Waals surface area contributed by atoms with Gasteiger partial charge in [0.25, 0.3) is 11.8 Å². The van der Waals surface area contributed by atoms with Crippen LogP contribution in [0, 0.1) is 11.6 Å². The van der Waals surface area contributed by atoms with Crippen LogP contribution < -0.4 is 21.3 Å². The molecule has 0 fully saturated rings. The highest BCUT2D eigenvalue weighted by Crippen LogP contribution is 2.46. The van der Waals surface area contributed by atoms with Gasteiger partial charge in [-0.05, 0) is 42.5 Å². The lowest BCUT2D eigenvalue weighted by Crippen LogP contribution is -2.29. The molecule has 13 heteroatoms. The zero-order chi connectivity index (χ0) is 26.6. The molecule has 0 bridgehead atoms. The second-order valence-electron chi connectivity index (χ2n) is 8.29. The standard InChI is InChI=1S/C24H14ClF5N4O3/c25-14-2-1-11(26)6-13(14)20-18-15(7-16-21(19(18)23(37)34-20)33-17(35)8-31-16)32-22(36)9-3-10(24(28,29)30)5-12(27)4-9/h1-7,20,31H,8H2,(H,32,36)(H,33,35)(H,34,37). The van der Waals surface area contributed by atoms with Crippen LogP contribution in [0.1, 0.15) is 43.4 Å². The fraction of sp³-hybridized carbons (Fsp3) is 0.125. The SMILES string of the molecule is O=C1CNc2cc(NC(=O)c3cc(F)cc(C(F)(F)F)c3)c3c(c2N1)C(=O)NC3c1cc(F)ccc1Cl. The average Bonchev–Trinajstić information content (AvgIpc) is 3.17. The van der Waals surface area contributed by atoms with Gasteiger partial charge in [-0.1, -0.05) is 11.6 Å². The molecule has 2 aliphatic rings. The van der Waals surface area contributed by atoms with Crippen molar-refractivity contribution in [2.45, 2.75) is 12.2 Å². The number of rotatable bonds is 3. The first kappa shape index (κ1) is 24.5. The summed E-state index contributed by atoms with van der Waals surface area (Å²) in [6.45, 7) is -0.154. The van der Waals surface area contributed by atoms with E-state index in [9.17, 15) is 36.3 Å². The highest BCUT2D eigenvalue weighted by atomic mass is 35.5. The van der Waals surface area contributed by atoms with Crippen LogP contribution in [-0.2, 0) is 11.0 Å². The molecule has 3 amide bonds. The van der Waals surface area contributed by atoms with E-state index in [1.165, 1.54) is 12.1 Å². The largest absolute Gasteiger partial charge is 0.416 e. The van der Waals surface area contributed by atoms with E-state index in [4.69, 9.17) is 11.6 Å². The van der Waals surface area contributed by atoms with Crippen molar-refractivity contribution in [3.8, 4) is 0 Å². The molecule has 0 radical (unpaired) electrons. The number of hydrogen-bond acceptors (Lipinski definition) is 4. The topological polar surface area (TPSA) is 99.3 Å². The minimum absolute atomic E-state index is 0.0519. The van der Waals surface area contributed by atoms with E-state index < -0.39 is 52.7 Å². The molecule has 0 spiro atoms. The first-order valence-electron chi connectivity index (χ1n) is 10.6. The van der Waals surface area contributed by atoms with Gasteiger partial charge < -0.3 is 21.3 Å². The maximum atomic E-state index is 14.1. The molecule has 1 unspecified atom stereocenters. The molecular weight excluding hydrogens is 523 g/mol. The number of carbonyl (C=O) groups is 3. The molecule has 0 aromatic heterocycles. The summed E-state index contributed by atoms with van der Waals surface area (Å²) >= 11 is 6.25. The van der Waals surface area contributed by atoms with Crippen molar-refractivity contribution in [1.82, 2.24) is 5.32 Å². The quantitative estimate of drug-likeness (QED) is 0.351. The van der Waals surface area contributed by atoms with E-state index in [2.05, 4.69) is 21.3 Å². The zero-order valence-electron chi connectivity index (χ0n) is 18.3. The van der Waals surface area contributed by atoms with Gasteiger partial charge in [-0.3, -0.25) is 14.4 Å². The highest BCUT2D eigenvalue weighted by Gasteiger charge is 2.39. The summed E-state index contributed by atoms with van der Waals surface area (Å²) in [5.41, 5.74) is -1.55. The van der Waals surface area contributed by atoms with Gasteiger partial charge in [-0.25, -0.2) is 8.78 Å². The van der Waals surface area contributed by atoms with Gasteiger partial charge in [0.1, 0.15) is 11.6 Å². The number of hydrogen-bond donors (Lipinski definition) is 4. The van der Waals surface area contributed by atoms with Crippen LogP contribution in [0.25, 0.3) is 0 Å². The molecule has 37 heavy (non-hydrogen) atoms. The van der Waals surface area contributed by atoms with Crippen molar-refractivity contribution in [2.75, 3.05) is 22.5 Å². The summed E-state index contributed by atoms with van der Waals surface area (Å²) in [5.74, 6) is -4.18. The Balaban J connectivity index is 1.65. The maximum Gasteiger partial charge on any atom is 0.416 e. The van der Waals surface area contributed by atoms with Crippen molar-refractivity contribution < 1.29 is 36.3 Å². The third-order valence-corrected chi connectivity index (χ3v) is 6.21. The van der Waals surface area contributed by atoms with Crippen LogP contribution in [0.2, 0.25) is 5.02 Å². The Morgan fingerprint density at radius 1 is 1.03 bits per heavy atom. The van der Waals surface area contributed by atoms with Crippen LogP contribution in [0.3, 0.4) is 0 Å². The Morgan fingerprint density at radius 2 is 1.78 bits per heavy atom. The van der Waals surface area contributed by atoms with Gasteiger partial charge >= 0.3 is 6.18 Å². The number of anilines is 3. The predicted molar refractivity (Wildman–Crippen MR) is 124 cm³/mol. The molecule has 2 heterocycles. The third-order valence-electron chi connectivity index (χ3n) is 5.87. The molecule has 3 aromatic rings. The van der Waals surface area contributed by atoms with Crippen LogP contribution in [0.5, 0.6) is 0 Å². The lowest BCUT2D eigenvalue weighted by Gasteiger charge is -2.24. The van der Waals surface area contributed by atoms with Gasteiger partial charge in [0.05, 0.1) is 35.1 Å². The lowest BCUT2D eigenvalue weighted by atomic mass is 9.93. The fourth-order valence-corrected chi connectivity index (χ4v) is 4.52. The Bertz CT molecular complexity index is 1510. The molecule has 3 aromatic carbocycles. The summed E-state index contributed by atoms with van der Waals surface area (Å²) in [6.07, 6.45) is -4.90. The number of nitrogens with one attached hydrogen (secondary N) is 4. The van der Waals surface area contributed by atoms with Crippen molar-refractivity contribution in [3.05, 3.63) is 86.9 Å². The summed E-state index contributed by atoms with van der Waals surface area (Å²) < 4.78 is 67.5.